The first-order chi connectivity index (χ1) is 14.5. The number of aliphatic hydroxyl groups is 1. The van der Waals surface area contributed by atoms with E-state index in [1.165, 1.54) is 4.90 Å². The molecule has 1 N–H and O–H groups in total. The fourth-order valence-corrected chi connectivity index (χ4v) is 5.46. The molecule has 1 spiro atoms. The summed E-state index contributed by atoms with van der Waals surface area (Å²) in [5.41, 5.74) is -1.03. The smallest absolute Gasteiger partial charge is 0.312 e. The van der Waals surface area contributed by atoms with Gasteiger partial charge in [0, 0.05) is 19.6 Å². The summed E-state index contributed by atoms with van der Waals surface area (Å²) in [5, 5.41) is 9.58. The first-order valence-corrected chi connectivity index (χ1v) is 11.1. The molecule has 2 unspecified atom stereocenters. The molecule has 30 heavy (non-hydrogen) atoms. The number of rotatable bonds is 11. The minimum atomic E-state index is -1.03. The van der Waals surface area contributed by atoms with Crippen LogP contribution in [0.3, 0.4) is 0 Å². The maximum Gasteiger partial charge on any atom is 0.312 e. The van der Waals surface area contributed by atoms with E-state index in [4.69, 9.17) is 9.47 Å². The maximum absolute atomic E-state index is 13.7. The quantitative estimate of drug-likeness (QED) is 0.305. The van der Waals surface area contributed by atoms with E-state index >= 15 is 0 Å². The largest absolute Gasteiger partial charge is 0.466 e. The first kappa shape index (κ1) is 22.7. The maximum atomic E-state index is 13.7. The summed E-state index contributed by atoms with van der Waals surface area (Å²) >= 11 is 0. The van der Waals surface area contributed by atoms with Crippen LogP contribution in [-0.2, 0) is 23.9 Å². The lowest BCUT2D eigenvalue weighted by atomic mass is 9.70. The average Bonchev–Trinajstić information content (AvgIpc) is 3.35. The van der Waals surface area contributed by atoms with Crippen LogP contribution in [0.25, 0.3) is 0 Å². The molecule has 3 fully saturated rings. The number of β-amino-alcohol motifs (C(OH)–C–C–N with tert-alkyl or cyclic N) is 1. The van der Waals surface area contributed by atoms with Crippen molar-refractivity contribution >= 4 is 17.8 Å². The molecule has 8 heteroatoms. The molecule has 2 amide bonds. The molecule has 3 aliphatic heterocycles. The molecule has 8 nitrogen and oxygen atoms in total. The van der Waals surface area contributed by atoms with E-state index in [1.54, 1.807) is 17.9 Å². The van der Waals surface area contributed by atoms with E-state index in [-0.39, 0.29) is 31.6 Å². The Labute approximate surface area is 178 Å². The van der Waals surface area contributed by atoms with Crippen molar-refractivity contribution in [1.29, 1.82) is 0 Å². The molecule has 0 radical (unpaired) electrons. The molecule has 2 bridgehead atoms. The minimum absolute atomic E-state index is 0.0357. The summed E-state index contributed by atoms with van der Waals surface area (Å²) in [6.07, 6.45) is 5.33. The highest BCUT2D eigenvalue weighted by Gasteiger charge is 2.74. The Morgan fingerprint density at radius 1 is 1.40 bits per heavy atom. The standard InChI is InChI=1S/C22H34N2O6/c1-4-7-8-12-23(11-5-2)20(27)18-22-10-9-15(30-22)16(21(28)29-6-3)17(22)19(26)24(18)13-14-25/h5,15-18,25H,2,4,6-14H2,1,3H3/t15-,16+,17-,18?,22?/m0/s1. The highest BCUT2D eigenvalue weighted by Crippen LogP contribution is 2.58. The molecule has 0 aliphatic carbocycles. The van der Waals surface area contributed by atoms with Crippen LogP contribution >= 0.6 is 0 Å². The zero-order valence-electron chi connectivity index (χ0n) is 18.0. The molecule has 0 saturated carbocycles. The molecule has 168 valence electrons. The number of carbonyl (C=O) groups is 3. The van der Waals surface area contributed by atoms with Crippen LogP contribution in [0.4, 0.5) is 0 Å². The summed E-state index contributed by atoms with van der Waals surface area (Å²) in [6.45, 7) is 8.55. The lowest BCUT2D eigenvalue weighted by Gasteiger charge is -2.36. The zero-order valence-corrected chi connectivity index (χ0v) is 18.0. The van der Waals surface area contributed by atoms with Gasteiger partial charge in [0.1, 0.15) is 11.6 Å². The van der Waals surface area contributed by atoms with Crippen molar-refractivity contribution in [3.63, 3.8) is 0 Å². The molecule has 3 saturated heterocycles. The van der Waals surface area contributed by atoms with Gasteiger partial charge in [-0.05, 0) is 26.2 Å². The van der Waals surface area contributed by atoms with Crippen LogP contribution in [0.2, 0.25) is 0 Å². The predicted octanol–water partition coefficient (Wildman–Crippen LogP) is 1.12. The number of esters is 1. The number of carbonyl (C=O) groups excluding carboxylic acids is 3. The molecule has 3 rings (SSSR count). The summed E-state index contributed by atoms with van der Waals surface area (Å²) in [6, 6.07) is -0.840. The molecule has 3 aliphatic rings. The number of hydrogen-bond donors (Lipinski definition) is 1. The number of nitrogens with zero attached hydrogens (tertiary/aromatic N) is 2. The van der Waals surface area contributed by atoms with E-state index in [2.05, 4.69) is 13.5 Å². The lowest BCUT2D eigenvalue weighted by Crippen LogP contribution is -2.56. The van der Waals surface area contributed by atoms with E-state index < -0.39 is 35.6 Å². The van der Waals surface area contributed by atoms with Crippen LogP contribution in [0.5, 0.6) is 0 Å². The Bertz CT molecular complexity index is 683. The summed E-state index contributed by atoms with van der Waals surface area (Å²) in [5.74, 6) is -2.37. The van der Waals surface area contributed by atoms with Crippen molar-refractivity contribution in [2.75, 3.05) is 32.8 Å². The third kappa shape index (κ3) is 3.64. The second-order valence-electron chi connectivity index (χ2n) is 8.34. The van der Waals surface area contributed by atoms with Gasteiger partial charge in [-0.2, -0.15) is 0 Å². The minimum Gasteiger partial charge on any atom is -0.466 e. The third-order valence-electron chi connectivity index (χ3n) is 6.63. The van der Waals surface area contributed by atoms with Gasteiger partial charge >= 0.3 is 5.97 Å². The Morgan fingerprint density at radius 3 is 2.80 bits per heavy atom. The molecule has 0 aromatic heterocycles. The average molecular weight is 423 g/mol. The summed E-state index contributed by atoms with van der Waals surface area (Å²) in [4.78, 5) is 42.9. The molecule has 3 heterocycles. The topological polar surface area (TPSA) is 96.4 Å². The number of unbranched alkanes of at least 4 members (excludes halogenated alkanes) is 2. The Morgan fingerprint density at radius 2 is 2.17 bits per heavy atom. The Kier molecular flexibility index (Phi) is 7.18. The van der Waals surface area contributed by atoms with Crippen molar-refractivity contribution in [3.05, 3.63) is 12.7 Å². The van der Waals surface area contributed by atoms with E-state index in [1.807, 2.05) is 0 Å². The van der Waals surface area contributed by atoms with Crippen molar-refractivity contribution < 1.29 is 29.0 Å². The summed E-state index contributed by atoms with van der Waals surface area (Å²) < 4.78 is 11.5. The number of amides is 2. The number of fused-ring (bicyclic) bond motifs is 1. The normalized spacial score (nSPS) is 31.7. The van der Waals surface area contributed by atoms with Crippen LogP contribution in [-0.4, -0.2) is 83.3 Å². The van der Waals surface area contributed by atoms with Gasteiger partial charge in [0.2, 0.25) is 11.8 Å². The van der Waals surface area contributed by atoms with E-state index in [9.17, 15) is 19.5 Å². The van der Waals surface area contributed by atoms with E-state index in [0.717, 1.165) is 19.3 Å². The Hall–Kier alpha value is -1.93. The fraction of sp³-hybridized carbons (Fsp3) is 0.773. The van der Waals surface area contributed by atoms with Crippen molar-refractivity contribution in [2.24, 2.45) is 11.8 Å². The molecule has 0 aromatic rings. The van der Waals surface area contributed by atoms with Crippen LogP contribution in [0.1, 0.15) is 46.0 Å². The van der Waals surface area contributed by atoms with Gasteiger partial charge in [-0.15, -0.1) is 6.58 Å². The monoisotopic (exact) mass is 422 g/mol. The molecule has 5 atom stereocenters. The van der Waals surface area contributed by atoms with Crippen molar-refractivity contribution in [2.45, 2.75) is 63.7 Å². The van der Waals surface area contributed by atoms with Gasteiger partial charge in [-0.3, -0.25) is 14.4 Å². The van der Waals surface area contributed by atoms with Gasteiger partial charge in [0.25, 0.3) is 0 Å². The van der Waals surface area contributed by atoms with Crippen molar-refractivity contribution in [3.8, 4) is 0 Å². The highest BCUT2D eigenvalue weighted by atomic mass is 16.6. The predicted molar refractivity (Wildman–Crippen MR) is 109 cm³/mol. The van der Waals surface area contributed by atoms with Crippen LogP contribution in [0.15, 0.2) is 12.7 Å². The van der Waals surface area contributed by atoms with Gasteiger partial charge in [0.05, 0.1) is 31.2 Å². The lowest BCUT2D eigenvalue weighted by molar-refractivity contribution is -0.155. The molecule has 0 aromatic carbocycles. The van der Waals surface area contributed by atoms with Gasteiger partial charge < -0.3 is 24.4 Å². The van der Waals surface area contributed by atoms with Gasteiger partial charge in [0.15, 0.2) is 0 Å². The number of ether oxygens (including phenoxy) is 2. The second kappa shape index (κ2) is 9.47. The van der Waals surface area contributed by atoms with E-state index in [0.29, 0.717) is 25.9 Å². The number of hydrogen-bond acceptors (Lipinski definition) is 6. The van der Waals surface area contributed by atoms with Gasteiger partial charge in [-0.1, -0.05) is 25.8 Å². The summed E-state index contributed by atoms with van der Waals surface area (Å²) in [7, 11) is 0. The number of aliphatic hydroxyl groups excluding tert-OH is 1. The van der Waals surface area contributed by atoms with Crippen molar-refractivity contribution in [1.82, 2.24) is 9.80 Å². The highest BCUT2D eigenvalue weighted by molar-refractivity contribution is 5.98. The SMILES string of the molecule is C=CCN(CCCCC)C(=O)C1N(CCO)C(=O)[C@@H]2[C@H](C(=O)OCC)[C@@H]3CCC12O3. The zero-order chi connectivity index (χ0) is 21.9. The molecular weight excluding hydrogens is 388 g/mol. The number of likely N-dealkylation sites (tertiary alicyclic amines) is 1. The Balaban J connectivity index is 1.94. The first-order valence-electron chi connectivity index (χ1n) is 11.1. The second-order valence-corrected chi connectivity index (χ2v) is 8.34. The van der Waals surface area contributed by atoms with Crippen LogP contribution in [0, 0.1) is 11.8 Å². The molecular formula is C22H34N2O6. The van der Waals surface area contributed by atoms with Crippen LogP contribution < -0.4 is 0 Å². The third-order valence-corrected chi connectivity index (χ3v) is 6.63. The van der Waals surface area contributed by atoms with Gasteiger partial charge in [-0.25, -0.2) is 0 Å². The fourth-order valence-electron chi connectivity index (χ4n) is 5.46.